The van der Waals surface area contributed by atoms with Gasteiger partial charge in [-0.2, -0.15) is 0 Å². The number of amides is 1. The first-order chi connectivity index (χ1) is 13.6. The molecule has 5 nitrogen and oxygen atoms in total. The molecule has 2 aromatic carbocycles. The molecule has 1 aliphatic heterocycles. The fourth-order valence-electron chi connectivity index (χ4n) is 3.21. The minimum atomic E-state index is -0.0478. The van der Waals surface area contributed by atoms with Gasteiger partial charge in [0.15, 0.2) is 5.82 Å². The minimum absolute atomic E-state index is 0.0478. The van der Waals surface area contributed by atoms with Gasteiger partial charge in [0.25, 0.3) is 5.91 Å². The smallest absolute Gasteiger partial charge is 0.257 e. The van der Waals surface area contributed by atoms with Gasteiger partial charge in [-0.25, -0.2) is 9.97 Å². The Labute approximate surface area is 173 Å². The van der Waals surface area contributed by atoms with E-state index in [9.17, 15) is 4.79 Å². The van der Waals surface area contributed by atoms with Gasteiger partial charge >= 0.3 is 0 Å². The second-order valence-corrected chi connectivity index (χ2v) is 7.43. The van der Waals surface area contributed by atoms with Crippen LogP contribution in [0.3, 0.4) is 0 Å². The third-order valence-electron chi connectivity index (χ3n) is 4.74. The lowest BCUT2D eigenvalue weighted by Gasteiger charge is -2.36. The highest BCUT2D eigenvalue weighted by atomic mass is 35.5. The van der Waals surface area contributed by atoms with Crippen molar-refractivity contribution in [1.82, 2.24) is 14.9 Å². The maximum absolute atomic E-state index is 12.8. The van der Waals surface area contributed by atoms with Gasteiger partial charge < -0.3 is 9.80 Å². The fraction of sp³-hybridized carbons (Fsp3) is 0.190. The summed E-state index contributed by atoms with van der Waals surface area (Å²) in [5.74, 6) is 0.521. The highest BCUT2D eigenvalue weighted by Gasteiger charge is 2.23. The third-order valence-corrected chi connectivity index (χ3v) is 5.23. The number of carbonyl (C=O) groups excluding carboxylic acids is 1. The summed E-state index contributed by atoms with van der Waals surface area (Å²) in [7, 11) is 0. The van der Waals surface area contributed by atoms with Gasteiger partial charge in [-0.15, -0.1) is 0 Å². The number of nitrogens with zero attached hydrogens (tertiary/aromatic N) is 4. The van der Waals surface area contributed by atoms with E-state index in [4.69, 9.17) is 23.2 Å². The number of benzene rings is 2. The second-order valence-electron chi connectivity index (χ2n) is 6.56. The number of anilines is 1. The Bertz CT molecular complexity index is 968. The molecule has 0 saturated carbocycles. The topological polar surface area (TPSA) is 49.3 Å². The van der Waals surface area contributed by atoms with Crippen LogP contribution in [-0.2, 0) is 0 Å². The summed E-state index contributed by atoms with van der Waals surface area (Å²) in [4.78, 5) is 25.5. The molecule has 1 amide bonds. The van der Waals surface area contributed by atoms with E-state index < -0.39 is 0 Å². The van der Waals surface area contributed by atoms with E-state index in [0.717, 1.165) is 24.3 Å². The van der Waals surface area contributed by atoms with Crippen molar-refractivity contribution in [3.8, 4) is 11.4 Å². The third kappa shape index (κ3) is 4.11. The van der Waals surface area contributed by atoms with Crippen LogP contribution >= 0.6 is 23.2 Å². The van der Waals surface area contributed by atoms with Crippen molar-refractivity contribution < 1.29 is 4.79 Å². The zero-order valence-electron chi connectivity index (χ0n) is 15.1. The molecule has 2 heterocycles. The highest BCUT2D eigenvalue weighted by molar-refractivity contribution is 6.31. The van der Waals surface area contributed by atoms with Crippen molar-refractivity contribution in [1.29, 1.82) is 0 Å². The molecule has 0 spiro atoms. The first-order valence-corrected chi connectivity index (χ1v) is 9.73. The zero-order chi connectivity index (χ0) is 19.5. The molecule has 3 aromatic rings. The lowest BCUT2D eigenvalue weighted by atomic mass is 10.2. The normalized spacial score (nSPS) is 14.2. The van der Waals surface area contributed by atoms with Crippen molar-refractivity contribution in [2.24, 2.45) is 0 Å². The monoisotopic (exact) mass is 412 g/mol. The predicted molar refractivity (Wildman–Crippen MR) is 112 cm³/mol. The maximum Gasteiger partial charge on any atom is 0.257 e. The lowest BCUT2D eigenvalue weighted by Crippen LogP contribution is -2.48. The molecule has 0 aliphatic carbocycles. The summed E-state index contributed by atoms with van der Waals surface area (Å²) in [5.41, 5.74) is 2.43. The molecule has 0 unspecified atom stereocenters. The van der Waals surface area contributed by atoms with Crippen molar-refractivity contribution in [2.45, 2.75) is 0 Å². The summed E-state index contributed by atoms with van der Waals surface area (Å²) >= 11 is 12.0. The largest absolute Gasteiger partial charge is 0.368 e. The molecule has 0 N–H and O–H groups in total. The molecule has 0 radical (unpaired) electrons. The Morgan fingerprint density at radius 1 is 0.857 bits per heavy atom. The van der Waals surface area contributed by atoms with Crippen LogP contribution in [0.25, 0.3) is 11.4 Å². The fourth-order valence-corrected chi connectivity index (χ4v) is 3.52. The number of hydrogen-bond acceptors (Lipinski definition) is 4. The Hall–Kier alpha value is -2.63. The van der Waals surface area contributed by atoms with Gasteiger partial charge in [-0.05, 0) is 42.5 Å². The van der Waals surface area contributed by atoms with Crippen LogP contribution in [0, 0.1) is 0 Å². The molecule has 1 aliphatic rings. The van der Waals surface area contributed by atoms with E-state index >= 15 is 0 Å². The maximum atomic E-state index is 12.8. The second kappa shape index (κ2) is 8.17. The molecule has 1 saturated heterocycles. The number of rotatable bonds is 3. The minimum Gasteiger partial charge on any atom is -0.368 e. The van der Waals surface area contributed by atoms with E-state index in [0.29, 0.717) is 34.5 Å². The number of piperazine rings is 1. The van der Waals surface area contributed by atoms with Gasteiger partial charge in [-0.3, -0.25) is 4.79 Å². The Morgan fingerprint density at radius 2 is 1.54 bits per heavy atom. The van der Waals surface area contributed by atoms with Crippen LogP contribution in [0.4, 0.5) is 5.69 Å². The first-order valence-electron chi connectivity index (χ1n) is 8.98. The number of halogens is 2. The summed E-state index contributed by atoms with van der Waals surface area (Å²) in [5, 5.41) is 1.38. The highest BCUT2D eigenvalue weighted by Crippen LogP contribution is 2.22. The summed E-state index contributed by atoms with van der Waals surface area (Å²) < 4.78 is 0. The quantitative estimate of drug-likeness (QED) is 0.638. The van der Waals surface area contributed by atoms with Crippen LogP contribution in [0.1, 0.15) is 10.4 Å². The van der Waals surface area contributed by atoms with E-state index in [1.54, 1.807) is 24.5 Å². The molecule has 7 heteroatoms. The molecule has 4 rings (SSSR count). The number of carbonyl (C=O) groups is 1. The van der Waals surface area contributed by atoms with Gasteiger partial charge in [0, 0.05) is 59.9 Å². The van der Waals surface area contributed by atoms with Crippen LogP contribution < -0.4 is 4.90 Å². The number of aromatic nitrogens is 2. The summed E-state index contributed by atoms with van der Waals surface area (Å²) in [6.45, 7) is 2.81. The lowest BCUT2D eigenvalue weighted by molar-refractivity contribution is 0.0746. The molecular weight excluding hydrogens is 395 g/mol. The molecule has 1 fully saturated rings. The van der Waals surface area contributed by atoms with Gasteiger partial charge in [-0.1, -0.05) is 29.3 Å². The van der Waals surface area contributed by atoms with Gasteiger partial charge in [0.05, 0.1) is 5.56 Å². The summed E-state index contributed by atoms with van der Waals surface area (Å²) in [6, 6.07) is 15.1. The van der Waals surface area contributed by atoms with E-state index in [2.05, 4.69) is 14.9 Å². The van der Waals surface area contributed by atoms with Crippen LogP contribution in [-0.4, -0.2) is 47.0 Å². The van der Waals surface area contributed by atoms with E-state index in [1.807, 2.05) is 41.3 Å². The van der Waals surface area contributed by atoms with E-state index in [1.165, 1.54) is 0 Å². The zero-order valence-corrected chi connectivity index (χ0v) is 16.6. The summed E-state index contributed by atoms with van der Waals surface area (Å²) in [6.07, 6.45) is 3.17. The van der Waals surface area contributed by atoms with Crippen molar-refractivity contribution in [3.05, 3.63) is 76.5 Å². The Kier molecular flexibility index (Phi) is 5.46. The van der Waals surface area contributed by atoms with Gasteiger partial charge in [0.1, 0.15) is 0 Å². The van der Waals surface area contributed by atoms with Crippen molar-refractivity contribution in [2.75, 3.05) is 31.1 Å². The molecule has 0 atom stereocenters. The molecule has 28 heavy (non-hydrogen) atoms. The van der Waals surface area contributed by atoms with Crippen LogP contribution in [0.15, 0.2) is 60.9 Å². The number of hydrogen-bond donors (Lipinski definition) is 0. The SMILES string of the molecule is O=C(c1cnc(-c2ccc(Cl)cc2)nc1)N1CCN(c2cccc(Cl)c2)CC1. The van der Waals surface area contributed by atoms with Crippen molar-refractivity contribution in [3.63, 3.8) is 0 Å². The molecular formula is C21H18Cl2N4O. The van der Waals surface area contributed by atoms with Gasteiger partial charge in [0.2, 0.25) is 0 Å². The standard InChI is InChI=1S/C21H18Cl2N4O/c22-17-6-4-15(5-7-17)20-24-13-16(14-25-20)21(28)27-10-8-26(9-11-27)19-3-1-2-18(23)12-19/h1-7,12-14H,8-11H2. The van der Waals surface area contributed by atoms with Crippen LogP contribution in [0.2, 0.25) is 10.0 Å². The molecule has 142 valence electrons. The van der Waals surface area contributed by atoms with Crippen molar-refractivity contribution >= 4 is 34.8 Å². The average molecular weight is 413 g/mol. The first kappa shape index (κ1) is 18.7. The Morgan fingerprint density at radius 3 is 2.18 bits per heavy atom. The molecule has 0 bridgehead atoms. The molecule has 1 aromatic heterocycles. The average Bonchev–Trinajstić information content (AvgIpc) is 2.74. The van der Waals surface area contributed by atoms with Crippen LogP contribution in [0.5, 0.6) is 0 Å². The Balaban J connectivity index is 1.40. The van der Waals surface area contributed by atoms with E-state index in [-0.39, 0.29) is 5.91 Å². The predicted octanol–water partition coefficient (Wildman–Crippen LogP) is 4.41.